The number of likely N-dealkylation sites (tertiary alicyclic amines) is 1. The summed E-state index contributed by atoms with van der Waals surface area (Å²) in [5.41, 5.74) is 0. The van der Waals surface area contributed by atoms with Crippen LogP contribution in [0.2, 0.25) is 0 Å². The van der Waals surface area contributed by atoms with Gasteiger partial charge in [-0.2, -0.15) is 0 Å². The molecule has 1 fully saturated rings. The van der Waals surface area contributed by atoms with Crippen molar-refractivity contribution in [1.29, 1.82) is 5.41 Å². The molecule has 2 nitrogen and oxygen atoms in total. The first kappa shape index (κ1) is 9.21. The van der Waals surface area contributed by atoms with Crippen LogP contribution in [0.1, 0.15) is 17.7 Å². The Labute approximate surface area is 90.2 Å². The maximum Gasteiger partial charge on any atom is 0.138 e. The third-order valence-corrected chi connectivity index (χ3v) is 3.86. The van der Waals surface area contributed by atoms with Crippen molar-refractivity contribution < 1.29 is 0 Å². The van der Waals surface area contributed by atoms with Crippen molar-refractivity contribution in [2.75, 3.05) is 13.1 Å². The third-order valence-electron chi connectivity index (χ3n) is 2.23. The second-order valence-corrected chi connectivity index (χ2v) is 5.61. The minimum Gasteiger partial charge on any atom is -0.356 e. The van der Waals surface area contributed by atoms with Gasteiger partial charge < -0.3 is 4.90 Å². The van der Waals surface area contributed by atoms with Crippen molar-refractivity contribution in [1.82, 2.24) is 4.90 Å². The molecule has 1 aromatic rings. The summed E-state index contributed by atoms with van der Waals surface area (Å²) in [6.07, 6.45) is 2.46. The summed E-state index contributed by atoms with van der Waals surface area (Å²) >= 11 is 5.05. The van der Waals surface area contributed by atoms with Gasteiger partial charge in [-0.1, -0.05) is 0 Å². The molecule has 70 valence electrons. The fourth-order valence-electron chi connectivity index (χ4n) is 1.54. The van der Waals surface area contributed by atoms with Crippen LogP contribution in [0.4, 0.5) is 0 Å². The van der Waals surface area contributed by atoms with Crippen molar-refractivity contribution in [3.63, 3.8) is 0 Å². The van der Waals surface area contributed by atoms with Crippen LogP contribution in [0, 0.1) is 5.41 Å². The van der Waals surface area contributed by atoms with Crippen molar-refractivity contribution in [2.24, 2.45) is 0 Å². The Kier molecular flexibility index (Phi) is 2.69. The van der Waals surface area contributed by atoms with Crippen LogP contribution in [-0.4, -0.2) is 23.8 Å². The number of nitrogens with zero attached hydrogens (tertiary/aromatic N) is 1. The van der Waals surface area contributed by atoms with Crippen LogP contribution in [-0.2, 0) is 0 Å². The maximum absolute atomic E-state index is 7.96. The lowest BCUT2D eigenvalue weighted by Gasteiger charge is -2.16. The summed E-state index contributed by atoms with van der Waals surface area (Å²) in [7, 11) is 0. The fourth-order valence-corrected chi connectivity index (χ4v) is 2.90. The zero-order chi connectivity index (χ0) is 9.26. The van der Waals surface area contributed by atoms with Gasteiger partial charge in [0.15, 0.2) is 0 Å². The molecule has 1 N–H and O–H groups in total. The van der Waals surface area contributed by atoms with E-state index in [1.54, 1.807) is 11.3 Å². The molecule has 2 rings (SSSR count). The molecule has 0 aromatic carbocycles. The summed E-state index contributed by atoms with van der Waals surface area (Å²) in [6.45, 7) is 2.10. The Balaban J connectivity index is 2.12. The molecule has 1 saturated heterocycles. The maximum atomic E-state index is 7.96. The van der Waals surface area contributed by atoms with E-state index in [0.29, 0.717) is 5.84 Å². The highest BCUT2D eigenvalue weighted by molar-refractivity contribution is 9.11. The van der Waals surface area contributed by atoms with E-state index in [1.165, 1.54) is 12.8 Å². The van der Waals surface area contributed by atoms with Crippen molar-refractivity contribution in [3.05, 3.63) is 20.8 Å². The molecular formula is C9H11BrN2S. The van der Waals surface area contributed by atoms with Crippen LogP contribution < -0.4 is 0 Å². The highest BCUT2D eigenvalue weighted by Gasteiger charge is 2.17. The standard InChI is InChI=1S/C9H11BrN2S/c10-8-4-3-7(13-8)9(11)12-5-1-2-6-12/h3-4,11H,1-2,5-6H2. The topological polar surface area (TPSA) is 27.1 Å². The first-order valence-electron chi connectivity index (χ1n) is 4.36. The van der Waals surface area contributed by atoms with E-state index in [1.807, 2.05) is 12.1 Å². The highest BCUT2D eigenvalue weighted by atomic mass is 79.9. The first-order valence-corrected chi connectivity index (χ1v) is 5.97. The average Bonchev–Trinajstić information content (AvgIpc) is 2.72. The monoisotopic (exact) mass is 258 g/mol. The van der Waals surface area contributed by atoms with Crippen LogP contribution >= 0.6 is 27.3 Å². The number of hydrogen-bond donors (Lipinski definition) is 1. The molecule has 0 spiro atoms. The van der Waals surface area contributed by atoms with Gasteiger partial charge in [0.1, 0.15) is 5.84 Å². The smallest absolute Gasteiger partial charge is 0.138 e. The third kappa shape index (κ3) is 1.94. The van der Waals surface area contributed by atoms with Gasteiger partial charge in [-0.05, 0) is 40.9 Å². The highest BCUT2D eigenvalue weighted by Crippen LogP contribution is 2.24. The summed E-state index contributed by atoms with van der Waals surface area (Å²) in [4.78, 5) is 3.21. The van der Waals surface area contributed by atoms with Gasteiger partial charge in [-0.25, -0.2) is 0 Å². The Morgan fingerprint density at radius 3 is 2.62 bits per heavy atom. The molecule has 0 amide bonds. The minimum atomic E-state index is 0.688. The van der Waals surface area contributed by atoms with E-state index in [4.69, 9.17) is 5.41 Å². The molecule has 4 heteroatoms. The zero-order valence-electron chi connectivity index (χ0n) is 7.22. The van der Waals surface area contributed by atoms with Crippen molar-refractivity contribution in [3.8, 4) is 0 Å². The summed E-state index contributed by atoms with van der Waals surface area (Å²) in [6, 6.07) is 4.01. The van der Waals surface area contributed by atoms with Gasteiger partial charge >= 0.3 is 0 Å². The van der Waals surface area contributed by atoms with Gasteiger partial charge in [0.2, 0.25) is 0 Å². The van der Waals surface area contributed by atoms with Gasteiger partial charge in [0.25, 0.3) is 0 Å². The largest absolute Gasteiger partial charge is 0.356 e. The minimum absolute atomic E-state index is 0.688. The van der Waals surface area contributed by atoms with Gasteiger partial charge in [0.05, 0.1) is 8.66 Å². The van der Waals surface area contributed by atoms with Crippen LogP contribution in [0.15, 0.2) is 15.9 Å². The van der Waals surface area contributed by atoms with E-state index in [2.05, 4.69) is 20.8 Å². The summed E-state index contributed by atoms with van der Waals surface area (Å²) in [5.74, 6) is 0.688. The predicted octanol–water partition coefficient (Wildman–Crippen LogP) is 2.93. The molecule has 0 bridgehead atoms. The Hall–Kier alpha value is -0.350. The molecule has 13 heavy (non-hydrogen) atoms. The lowest BCUT2D eigenvalue weighted by Crippen LogP contribution is -2.26. The van der Waals surface area contributed by atoms with Gasteiger partial charge in [-0.3, -0.25) is 5.41 Å². The van der Waals surface area contributed by atoms with Crippen molar-refractivity contribution in [2.45, 2.75) is 12.8 Å². The van der Waals surface area contributed by atoms with Crippen LogP contribution in [0.3, 0.4) is 0 Å². The Morgan fingerprint density at radius 2 is 2.08 bits per heavy atom. The second kappa shape index (κ2) is 3.80. The molecule has 1 aliphatic heterocycles. The predicted molar refractivity (Wildman–Crippen MR) is 59.7 cm³/mol. The molecular weight excluding hydrogens is 248 g/mol. The number of nitrogens with one attached hydrogen (secondary N) is 1. The summed E-state index contributed by atoms with van der Waals surface area (Å²) < 4.78 is 1.10. The van der Waals surface area contributed by atoms with E-state index < -0.39 is 0 Å². The van der Waals surface area contributed by atoms with E-state index >= 15 is 0 Å². The lowest BCUT2D eigenvalue weighted by molar-refractivity contribution is 0.518. The van der Waals surface area contributed by atoms with E-state index in [0.717, 1.165) is 21.8 Å². The normalized spacial score (nSPS) is 16.5. The van der Waals surface area contributed by atoms with Crippen molar-refractivity contribution >= 4 is 33.1 Å². The number of rotatable bonds is 1. The number of halogens is 1. The molecule has 1 aliphatic rings. The molecule has 0 unspecified atom stereocenters. The van der Waals surface area contributed by atoms with Crippen LogP contribution in [0.5, 0.6) is 0 Å². The second-order valence-electron chi connectivity index (χ2n) is 3.15. The number of thiophene rings is 1. The van der Waals surface area contributed by atoms with Crippen LogP contribution in [0.25, 0.3) is 0 Å². The zero-order valence-corrected chi connectivity index (χ0v) is 9.62. The first-order chi connectivity index (χ1) is 6.27. The molecule has 0 saturated carbocycles. The number of hydrogen-bond acceptors (Lipinski definition) is 2. The lowest BCUT2D eigenvalue weighted by atomic mass is 10.4. The summed E-state index contributed by atoms with van der Waals surface area (Å²) in [5, 5.41) is 7.96. The molecule has 0 aliphatic carbocycles. The van der Waals surface area contributed by atoms with Gasteiger partial charge in [-0.15, -0.1) is 11.3 Å². The molecule has 2 heterocycles. The SMILES string of the molecule is N=C(c1ccc(Br)s1)N1CCCC1. The van der Waals surface area contributed by atoms with E-state index in [9.17, 15) is 0 Å². The fraction of sp³-hybridized carbons (Fsp3) is 0.444. The average molecular weight is 259 g/mol. The molecule has 0 radical (unpaired) electrons. The van der Waals surface area contributed by atoms with E-state index in [-0.39, 0.29) is 0 Å². The van der Waals surface area contributed by atoms with Gasteiger partial charge in [0, 0.05) is 13.1 Å². The Morgan fingerprint density at radius 1 is 1.38 bits per heavy atom. The molecule has 1 aromatic heterocycles. The number of amidine groups is 1. The quantitative estimate of drug-likeness (QED) is 0.609. The Bertz CT molecular complexity index is 315. The molecule has 0 atom stereocenters.